The van der Waals surface area contributed by atoms with Crippen molar-refractivity contribution in [2.45, 2.75) is 0 Å². The minimum absolute atomic E-state index is 0.637. The zero-order valence-corrected chi connectivity index (χ0v) is 23.6. The lowest BCUT2D eigenvalue weighted by Gasteiger charge is -2.10. The minimum Gasteiger partial charge on any atom is -0.452 e. The molecule has 0 fully saturated rings. The van der Waals surface area contributed by atoms with Crippen LogP contribution in [-0.4, -0.2) is 14.5 Å². The number of hydrogen-bond donors (Lipinski definition) is 0. The number of fused-ring (bicyclic) bond motifs is 11. The highest BCUT2D eigenvalue weighted by Crippen LogP contribution is 2.43. The average molecular weight is 568 g/mol. The largest absolute Gasteiger partial charge is 0.452 e. The number of benzene rings is 6. The smallest absolute Gasteiger partial charge is 0.236 e. The number of aromatic nitrogens is 3. The fourth-order valence-electron chi connectivity index (χ4n) is 6.65. The van der Waals surface area contributed by atoms with Gasteiger partial charge < -0.3 is 4.42 Å². The van der Waals surface area contributed by atoms with Crippen LogP contribution >= 0.6 is 11.3 Å². The Morgan fingerprint density at radius 1 is 0.581 bits per heavy atom. The molecule has 0 amide bonds. The molecule has 10 rings (SSSR count). The zero-order valence-electron chi connectivity index (χ0n) is 22.8. The van der Waals surface area contributed by atoms with E-state index in [0.29, 0.717) is 11.5 Å². The fraction of sp³-hybridized carbons (Fsp3) is 0. The molecule has 0 aliphatic heterocycles. The van der Waals surface area contributed by atoms with Crippen molar-refractivity contribution in [2.75, 3.05) is 0 Å². The summed E-state index contributed by atoms with van der Waals surface area (Å²) in [6.07, 6.45) is 0. The summed E-state index contributed by atoms with van der Waals surface area (Å²) in [4.78, 5) is 10.6. The van der Waals surface area contributed by atoms with Crippen molar-refractivity contribution in [3.63, 3.8) is 0 Å². The lowest BCUT2D eigenvalue weighted by Crippen LogP contribution is -2.03. The number of nitrogens with zero attached hydrogens (tertiary/aromatic N) is 3. The summed E-state index contributed by atoms with van der Waals surface area (Å²) in [5.74, 6) is 0.637. The molecule has 0 atom stereocenters. The van der Waals surface area contributed by atoms with Crippen molar-refractivity contribution >= 4 is 86.2 Å². The van der Waals surface area contributed by atoms with Gasteiger partial charge in [-0.25, -0.2) is 9.97 Å². The number of furan rings is 1. The van der Waals surface area contributed by atoms with Gasteiger partial charge in [-0.15, -0.1) is 11.3 Å². The number of thiophene rings is 1. The molecule has 0 saturated heterocycles. The van der Waals surface area contributed by atoms with Crippen molar-refractivity contribution < 1.29 is 4.42 Å². The van der Waals surface area contributed by atoms with Gasteiger partial charge in [0.15, 0.2) is 5.58 Å². The van der Waals surface area contributed by atoms with Crippen LogP contribution in [-0.2, 0) is 0 Å². The molecule has 5 heteroatoms. The van der Waals surface area contributed by atoms with Crippen molar-refractivity contribution in [3.8, 4) is 17.2 Å². The molecule has 0 aliphatic carbocycles. The van der Waals surface area contributed by atoms with Crippen LogP contribution in [0.1, 0.15) is 0 Å². The summed E-state index contributed by atoms with van der Waals surface area (Å²) >= 11 is 1.83. The first-order valence-electron chi connectivity index (χ1n) is 14.3. The molecule has 200 valence electrons. The fourth-order valence-corrected chi connectivity index (χ4v) is 7.89. The third-order valence-electron chi connectivity index (χ3n) is 8.61. The molecule has 0 N–H and O–H groups in total. The number of hydrogen-bond acceptors (Lipinski definition) is 4. The van der Waals surface area contributed by atoms with E-state index in [1.165, 1.54) is 36.3 Å². The molecule has 0 bridgehead atoms. The summed E-state index contributed by atoms with van der Waals surface area (Å²) in [7, 11) is 0. The lowest BCUT2D eigenvalue weighted by atomic mass is 10.0. The van der Waals surface area contributed by atoms with Crippen molar-refractivity contribution in [1.29, 1.82) is 0 Å². The molecule has 10 aromatic rings. The second-order valence-electron chi connectivity index (χ2n) is 11.0. The predicted octanol–water partition coefficient (Wildman–Crippen LogP) is 10.7. The molecule has 4 nitrogen and oxygen atoms in total. The lowest BCUT2D eigenvalue weighted by molar-refractivity contribution is 0.666. The van der Waals surface area contributed by atoms with Crippen LogP contribution in [0.4, 0.5) is 0 Å². The van der Waals surface area contributed by atoms with E-state index in [-0.39, 0.29) is 0 Å². The maximum Gasteiger partial charge on any atom is 0.236 e. The van der Waals surface area contributed by atoms with Gasteiger partial charge in [-0.05, 0) is 41.1 Å². The SMILES string of the molecule is c1ccc2cc(-c3nc(-n4c5ccccc5c5ccc6c7ccccc7sc6c54)nc4c3oc3ccccc34)ccc2c1. The number of rotatable bonds is 2. The van der Waals surface area contributed by atoms with Crippen LogP contribution in [0.15, 0.2) is 132 Å². The van der Waals surface area contributed by atoms with E-state index < -0.39 is 0 Å². The Balaban J connectivity index is 1.38. The first-order chi connectivity index (χ1) is 21.3. The quantitative estimate of drug-likeness (QED) is 0.209. The van der Waals surface area contributed by atoms with E-state index in [2.05, 4.69) is 114 Å². The Bertz CT molecular complexity index is 2750. The summed E-state index contributed by atoms with van der Waals surface area (Å²) < 4.78 is 11.2. The first-order valence-corrected chi connectivity index (χ1v) is 15.2. The van der Waals surface area contributed by atoms with E-state index in [1.807, 2.05) is 29.5 Å². The van der Waals surface area contributed by atoms with Crippen LogP contribution in [0.2, 0.25) is 0 Å². The maximum absolute atomic E-state index is 6.48. The van der Waals surface area contributed by atoms with Gasteiger partial charge in [0.05, 0.1) is 15.7 Å². The van der Waals surface area contributed by atoms with Gasteiger partial charge in [0.2, 0.25) is 5.95 Å². The summed E-state index contributed by atoms with van der Waals surface area (Å²) in [5, 5.41) is 8.24. The first kappa shape index (κ1) is 23.1. The Morgan fingerprint density at radius 2 is 1.33 bits per heavy atom. The Morgan fingerprint density at radius 3 is 2.26 bits per heavy atom. The van der Waals surface area contributed by atoms with Crippen molar-refractivity contribution in [1.82, 2.24) is 14.5 Å². The summed E-state index contributed by atoms with van der Waals surface area (Å²) in [5.41, 5.74) is 6.33. The molecule has 0 saturated carbocycles. The van der Waals surface area contributed by atoms with Crippen LogP contribution < -0.4 is 0 Å². The van der Waals surface area contributed by atoms with Gasteiger partial charge in [0.1, 0.15) is 16.8 Å². The highest BCUT2D eigenvalue weighted by Gasteiger charge is 2.23. The molecule has 0 aliphatic rings. The Labute approximate surface area is 249 Å². The molecule has 0 spiro atoms. The normalized spacial score (nSPS) is 12.2. The van der Waals surface area contributed by atoms with Crippen molar-refractivity contribution in [3.05, 3.63) is 127 Å². The third-order valence-corrected chi connectivity index (χ3v) is 9.80. The Kier molecular flexibility index (Phi) is 4.57. The van der Waals surface area contributed by atoms with E-state index >= 15 is 0 Å². The van der Waals surface area contributed by atoms with Crippen LogP contribution in [0.3, 0.4) is 0 Å². The summed E-state index contributed by atoms with van der Waals surface area (Å²) in [6.45, 7) is 0. The zero-order chi connectivity index (χ0) is 28.1. The second kappa shape index (κ2) is 8.51. The molecule has 0 unspecified atom stereocenters. The second-order valence-corrected chi connectivity index (χ2v) is 12.1. The van der Waals surface area contributed by atoms with E-state index in [0.717, 1.165) is 44.2 Å². The Hall–Kier alpha value is -5.52. The van der Waals surface area contributed by atoms with Gasteiger partial charge in [-0.2, -0.15) is 0 Å². The highest BCUT2D eigenvalue weighted by molar-refractivity contribution is 7.26. The molecule has 43 heavy (non-hydrogen) atoms. The van der Waals surface area contributed by atoms with E-state index in [4.69, 9.17) is 14.4 Å². The highest BCUT2D eigenvalue weighted by atomic mass is 32.1. The topological polar surface area (TPSA) is 43.9 Å². The number of para-hydroxylation sites is 2. The maximum atomic E-state index is 6.48. The molecular formula is C38H21N3OS. The molecule has 4 aromatic heterocycles. The summed E-state index contributed by atoms with van der Waals surface area (Å²) in [6, 6.07) is 44.8. The standard InChI is InChI=1S/C38H21N3OS/c1-2-10-23-21-24(18-17-22(23)9-1)33-36-34(29-13-4-7-15-31(29)42-36)40-38(39-33)41-30-14-6-3-11-25(30)27-19-20-28-26-12-5-8-16-32(26)43-37(28)35(27)41/h1-21H. The van der Waals surface area contributed by atoms with Crippen molar-refractivity contribution in [2.24, 2.45) is 0 Å². The monoisotopic (exact) mass is 567 g/mol. The third kappa shape index (κ3) is 3.20. The van der Waals surface area contributed by atoms with Crippen LogP contribution in [0, 0.1) is 0 Å². The van der Waals surface area contributed by atoms with Crippen LogP contribution in [0.25, 0.3) is 92.0 Å². The van der Waals surface area contributed by atoms with Gasteiger partial charge >= 0.3 is 0 Å². The van der Waals surface area contributed by atoms with Gasteiger partial charge in [-0.3, -0.25) is 4.57 Å². The molecule has 6 aromatic carbocycles. The average Bonchev–Trinajstić information content (AvgIpc) is 3.74. The van der Waals surface area contributed by atoms with Gasteiger partial charge in [0.25, 0.3) is 0 Å². The minimum atomic E-state index is 0.637. The van der Waals surface area contributed by atoms with Gasteiger partial charge in [0, 0.05) is 37.2 Å². The predicted molar refractivity (Wildman–Crippen MR) is 179 cm³/mol. The molecule has 4 heterocycles. The van der Waals surface area contributed by atoms with Gasteiger partial charge in [-0.1, -0.05) is 97.1 Å². The van der Waals surface area contributed by atoms with Crippen LogP contribution in [0.5, 0.6) is 0 Å². The molecule has 0 radical (unpaired) electrons. The molecular weight excluding hydrogens is 547 g/mol. The van der Waals surface area contributed by atoms with E-state index in [1.54, 1.807) is 0 Å². The van der Waals surface area contributed by atoms with E-state index in [9.17, 15) is 0 Å².